The van der Waals surface area contributed by atoms with Crippen molar-refractivity contribution in [3.63, 3.8) is 0 Å². The van der Waals surface area contributed by atoms with Crippen molar-refractivity contribution in [2.75, 3.05) is 31.6 Å². The molecule has 0 radical (unpaired) electrons. The predicted molar refractivity (Wildman–Crippen MR) is 105 cm³/mol. The number of ether oxygens (including phenoxy) is 1. The molecule has 27 heavy (non-hydrogen) atoms. The highest BCUT2D eigenvalue weighted by atomic mass is 32.2. The van der Waals surface area contributed by atoms with E-state index in [1.807, 2.05) is 32.0 Å². The van der Waals surface area contributed by atoms with Gasteiger partial charge < -0.3 is 10.1 Å². The number of sulfonamides is 1. The summed E-state index contributed by atoms with van der Waals surface area (Å²) in [6, 6.07) is 10.5. The predicted octanol–water partition coefficient (Wildman–Crippen LogP) is 2.89. The van der Waals surface area contributed by atoms with Gasteiger partial charge in [0, 0.05) is 24.3 Å². The van der Waals surface area contributed by atoms with Crippen LogP contribution in [0.3, 0.4) is 0 Å². The molecule has 1 fully saturated rings. The number of nitrogens with one attached hydrogen (secondary N) is 1. The zero-order valence-electron chi connectivity index (χ0n) is 15.8. The molecular weight excluding hydrogens is 364 g/mol. The normalized spacial score (nSPS) is 15.5. The molecule has 0 unspecified atom stereocenters. The number of hydrogen-bond acceptors (Lipinski definition) is 4. The molecule has 0 atom stereocenters. The third kappa shape index (κ3) is 4.05. The van der Waals surface area contributed by atoms with Crippen LogP contribution >= 0.6 is 0 Å². The number of amides is 1. The van der Waals surface area contributed by atoms with E-state index in [2.05, 4.69) is 5.32 Å². The van der Waals surface area contributed by atoms with Gasteiger partial charge in [0.25, 0.3) is 5.91 Å². The number of morpholine rings is 1. The number of aryl methyl sites for hydroxylation is 3. The monoisotopic (exact) mass is 388 g/mol. The highest BCUT2D eigenvalue weighted by molar-refractivity contribution is 7.89. The quantitative estimate of drug-likeness (QED) is 0.874. The summed E-state index contributed by atoms with van der Waals surface area (Å²) in [6.07, 6.45) is 0. The lowest BCUT2D eigenvalue weighted by molar-refractivity contribution is 0.0730. The molecule has 0 aliphatic carbocycles. The third-order valence-electron chi connectivity index (χ3n) is 4.78. The van der Waals surface area contributed by atoms with Crippen LogP contribution in [0.1, 0.15) is 27.0 Å². The van der Waals surface area contributed by atoms with Crippen LogP contribution in [-0.2, 0) is 14.8 Å². The number of carbonyl (C=O) groups is 1. The molecule has 1 saturated heterocycles. The minimum Gasteiger partial charge on any atom is -0.379 e. The van der Waals surface area contributed by atoms with Gasteiger partial charge in [0.1, 0.15) is 0 Å². The van der Waals surface area contributed by atoms with Gasteiger partial charge >= 0.3 is 0 Å². The smallest absolute Gasteiger partial charge is 0.255 e. The second kappa shape index (κ2) is 7.80. The lowest BCUT2D eigenvalue weighted by atomic mass is 10.1. The van der Waals surface area contributed by atoms with E-state index >= 15 is 0 Å². The average molecular weight is 388 g/mol. The van der Waals surface area contributed by atoms with Crippen LogP contribution in [0.15, 0.2) is 41.3 Å². The topological polar surface area (TPSA) is 75.7 Å². The maximum Gasteiger partial charge on any atom is 0.255 e. The molecular formula is C20H24N2O4S. The van der Waals surface area contributed by atoms with E-state index in [1.165, 1.54) is 10.4 Å². The average Bonchev–Trinajstić information content (AvgIpc) is 2.65. The molecule has 1 heterocycles. The van der Waals surface area contributed by atoms with E-state index < -0.39 is 10.0 Å². The van der Waals surface area contributed by atoms with Gasteiger partial charge in [-0.15, -0.1) is 0 Å². The van der Waals surface area contributed by atoms with Crippen LogP contribution in [0.2, 0.25) is 0 Å². The van der Waals surface area contributed by atoms with Crippen LogP contribution < -0.4 is 5.32 Å². The Hall–Kier alpha value is -2.22. The number of hydrogen-bond donors (Lipinski definition) is 1. The summed E-state index contributed by atoms with van der Waals surface area (Å²) in [6.45, 7) is 7.05. The molecule has 2 aromatic carbocycles. The molecule has 6 nitrogen and oxygen atoms in total. The molecule has 0 aromatic heterocycles. The summed E-state index contributed by atoms with van der Waals surface area (Å²) in [5.41, 5.74) is 3.74. The molecule has 7 heteroatoms. The lowest BCUT2D eigenvalue weighted by Gasteiger charge is -2.26. The molecule has 3 rings (SSSR count). The van der Waals surface area contributed by atoms with Gasteiger partial charge in [0.15, 0.2) is 0 Å². The van der Waals surface area contributed by atoms with E-state index in [0.717, 1.165) is 22.4 Å². The van der Waals surface area contributed by atoms with Crippen LogP contribution in [0.4, 0.5) is 5.69 Å². The Morgan fingerprint density at radius 2 is 1.63 bits per heavy atom. The zero-order valence-corrected chi connectivity index (χ0v) is 16.6. The Kier molecular flexibility index (Phi) is 5.64. The van der Waals surface area contributed by atoms with Crippen molar-refractivity contribution < 1.29 is 17.9 Å². The van der Waals surface area contributed by atoms with Gasteiger partial charge in [-0.2, -0.15) is 4.31 Å². The molecule has 1 aliphatic heterocycles. The molecule has 1 N–H and O–H groups in total. The van der Waals surface area contributed by atoms with Gasteiger partial charge in [-0.05, 0) is 49.6 Å². The Labute approximate surface area is 160 Å². The number of anilines is 1. The number of carbonyl (C=O) groups excluding carboxylic acids is 1. The zero-order chi connectivity index (χ0) is 19.6. The number of nitrogens with zero attached hydrogens (tertiary/aromatic N) is 1. The summed E-state index contributed by atoms with van der Waals surface area (Å²) in [4.78, 5) is 13.0. The second-order valence-electron chi connectivity index (χ2n) is 6.71. The van der Waals surface area contributed by atoms with Crippen molar-refractivity contribution in [2.24, 2.45) is 0 Å². The number of para-hydroxylation sites is 1. The first kappa shape index (κ1) is 19.5. The summed E-state index contributed by atoms with van der Waals surface area (Å²) < 4.78 is 32.4. The fraction of sp³-hybridized carbons (Fsp3) is 0.350. The first-order valence-electron chi connectivity index (χ1n) is 8.87. The van der Waals surface area contributed by atoms with Gasteiger partial charge in [-0.3, -0.25) is 4.79 Å². The van der Waals surface area contributed by atoms with Crippen molar-refractivity contribution in [3.8, 4) is 0 Å². The van der Waals surface area contributed by atoms with Crippen LogP contribution in [0, 0.1) is 20.8 Å². The molecule has 1 aliphatic rings. The maximum absolute atomic E-state index is 12.9. The van der Waals surface area contributed by atoms with E-state index in [-0.39, 0.29) is 10.8 Å². The van der Waals surface area contributed by atoms with E-state index in [4.69, 9.17) is 4.74 Å². The maximum atomic E-state index is 12.9. The first-order chi connectivity index (χ1) is 12.8. The van der Waals surface area contributed by atoms with E-state index in [1.54, 1.807) is 19.1 Å². The SMILES string of the molecule is Cc1ccc(S(=O)(=O)N2CCOCC2)cc1C(=O)Nc1c(C)cccc1C. The number of benzene rings is 2. The van der Waals surface area contributed by atoms with Gasteiger partial charge in [-0.1, -0.05) is 24.3 Å². The highest BCUT2D eigenvalue weighted by Crippen LogP contribution is 2.24. The van der Waals surface area contributed by atoms with Crippen LogP contribution in [0.25, 0.3) is 0 Å². The highest BCUT2D eigenvalue weighted by Gasteiger charge is 2.27. The van der Waals surface area contributed by atoms with Crippen molar-refractivity contribution in [2.45, 2.75) is 25.7 Å². The van der Waals surface area contributed by atoms with Crippen LogP contribution in [-0.4, -0.2) is 44.9 Å². The Balaban J connectivity index is 1.92. The minimum absolute atomic E-state index is 0.127. The standard InChI is InChI=1S/C20H24N2O4S/c1-14-7-8-17(27(24,25)22-9-11-26-12-10-22)13-18(14)20(23)21-19-15(2)5-4-6-16(19)3/h4-8,13H,9-12H2,1-3H3,(H,21,23). The largest absolute Gasteiger partial charge is 0.379 e. The molecule has 144 valence electrons. The molecule has 1 amide bonds. The second-order valence-corrected chi connectivity index (χ2v) is 8.65. The summed E-state index contributed by atoms with van der Waals surface area (Å²) >= 11 is 0. The van der Waals surface area contributed by atoms with Crippen molar-refractivity contribution in [1.82, 2.24) is 4.31 Å². The van der Waals surface area contributed by atoms with Gasteiger partial charge in [0.05, 0.1) is 18.1 Å². The Bertz CT molecular complexity index is 944. The third-order valence-corrected chi connectivity index (χ3v) is 6.68. The van der Waals surface area contributed by atoms with E-state index in [9.17, 15) is 13.2 Å². The van der Waals surface area contributed by atoms with Crippen molar-refractivity contribution in [3.05, 3.63) is 58.7 Å². The number of rotatable bonds is 4. The van der Waals surface area contributed by atoms with Gasteiger partial charge in [-0.25, -0.2) is 8.42 Å². The van der Waals surface area contributed by atoms with Gasteiger partial charge in [0.2, 0.25) is 10.0 Å². The fourth-order valence-electron chi connectivity index (χ4n) is 3.13. The molecule has 0 saturated carbocycles. The molecule has 2 aromatic rings. The lowest BCUT2D eigenvalue weighted by Crippen LogP contribution is -2.40. The summed E-state index contributed by atoms with van der Waals surface area (Å²) in [7, 11) is -3.65. The molecule has 0 bridgehead atoms. The summed E-state index contributed by atoms with van der Waals surface area (Å²) in [5, 5.41) is 2.93. The van der Waals surface area contributed by atoms with Crippen molar-refractivity contribution >= 4 is 21.6 Å². The molecule has 0 spiro atoms. The Morgan fingerprint density at radius 3 is 2.26 bits per heavy atom. The summed E-state index contributed by atoms with van der Waals surface area (Å²) in [5.74, 6) is -0.316. The fourth-order valence-corrected chi connectivity index (χ4v) is 4.57. The van der Waals surface area contributed by atoms with E-state index in [0.29, 0.717) is 31.9 Å². The Morgan fingerprint density at radius 1 is 1.00 bits per heavy atom. The first-order valence-corrected chi connectivity index (χ1v) is 10.3. The van der Waals surface area contributed by atoms with Crippen molar-refractivity contribution in [1.29, 1.82) is 0 Å². The minimum atomic E-state index is -3.65. The van der Waals surface area contributed by atoms with Crippen LogP contribution in [0.5, 0.6) is 0 Å².